The van der Waals surface area contributed by atoms with Gasteiger partial charge in [0.15, 0.2) is 0 Å². The molecule has 0 saturated heterocycles. The summed E-state index contributed by atoms with van der Waals surface area (Å²) in [6, 6.07) is 14.6. The van der Waals surface area contributed by atoms with Crippen LogP contribution in [0.4, 0.5) is 10.3 Å². The first kappa shape index (κ1) is 30.4. The largest absolute Gasteiger partial charge is 0.396 e. The maximum absolute atomic E-state index is 13.6. The zero-order valence-corrected chi connectivity index (χ0v) is 25.1. The van der Waals surface area contributed by atoms with Gasteiger partial charge in [-0.25, -0.2) is 14.1 Å². The Hall–Kier alpha value is -3.60. The topological polar surface area (TPSA) is 94.2 Å². The van der Waals surface area contributed by atoms with Gasteiger partial charge < -0.3 is 9.84 Å². The summed E-state index contributed by atoms with van der Waals surface area (Å²) in [6.45, 7) is 8.28. The Morgan fingerprint density at radius 1 is 1.02 bits per heavy atom. The van der Waals surface area contributed by atoms with E-state index in [1.807, 2.05) is 30.6 Å². The highest BCUT2D eigenvalue weighted by Crippen LogP contribution is 2.23. The Morgan fingerprint density at radius 3 is 2.56 bits per heavy atom. The number of aryl methyl sites for hydroxylation is 1. The monoisotopic (exact) mass is 577 g/mol. The van der Waals surface area contributed by atoms with E-state index in [1.54, 1.807) is 33.6 Å². The standard InChI is InChI=1S/C31H40FN5O3Si/c1-41(2,3)18-17-40-23-36-21-26(20-33-36)24-9-8-10-25(19-24)30(39)35-31-34-28(11-6-4-5-7-16-38)22-37(31)29-14-12-27(32)13-15-29/h8-10,12-15,19-22,38H,4-7,11,16-18,23H2,1-3H3,(H,34,35,39). The second-order valence-electron chi connectivity index (χ2n) is 11.4. The number of nitrogens with zero attached hydrogens (tertiary/aromatic N) is 4. The fourth-order valence-corrected chi connectivity index (χ4v) is 5.10. The Bertz CT molecular complexity index is 1410. The van der Waals surface area contributed by atoms with Crippen molar-refractivity contribution in [1.82, 2.24) is 19.3 Å². The van der Waals surface area contributed by atoms with Gasteiger partial charge in [-0.1, -0.05) is 44.6 Å². The minimum Gasteiger partial charge on any atom is -0.396 e. The second kappa shape index (κ2) is 14.3. The summed E-state index contributed by atoms with van der Waals surface area (Å²) in [7, 11) is -1.14. The van der Waals surface area contributed by atoms with Crippen LogP contribution in [0.1, 0.15) is 41.7 Å². The van der Waals surface area contributed by atoms with E-state index >= 15 is 0 Å². The van der Waals surface area contributed by atoms with E-state index in [9.17, 15) is 9.18 Å². The summed E-state index contributed by atoms with van der Waals surface area (Å²) in [5.41, 5.74) is 3.79. The number of halogens is 1. The molecule has 218 valence electrons. The number of anilines is 1. The highest BCUT2D eigenvalue weighted by molar-refractivity contribution is 6.76. The maximum Gasteiger partial charge on any atom is 0.258 e. The molecular weight excluding hydrogens is 537 g/mol. The molecule has 0 aliphatic carbocycles. The second-order valence-corrected chi connectivity index (χ2v) is 17.1. The van der Waals surface area contributed by atoms with Crippen LogP contribution in [0.15, 0.2) is 67.1 Å². The maximum atomic E-state index is 13.6. The molecule has 0 atom stereocenters. The number of aliphatic hydroxyl groups is 1. The minimum atomic E-state index is -1.14. The fourth-order valence-electron chi connectivity index (χ4n) is 4.34. The summed E-state index contributed by atoms with van der Waals surface area (Å²) in [5.74, 6) is -0.250. The van der Waals surface area contributed by atoms with E-state index < -0.39 is 8.07 Å². The SMILES string of the molecule is C[Si](C)(C)CCOCn1cc(-c2cccc(C(=O)Nc3nc(CCCCCCO)cn3-c3ccc(F)cc3)c2)cn1. The van der Waals surface area contributed by atoms with Gasteiger partial charge in [0, 0.05) is 50.5 Å². The minimum absolute atomic E-state index is 0.201. The molecule has 1 amide bonds. The van der Waals surface area contributed by atoms with E-state index in [0.29, 0.717) is 23.9 Å². The van der Waals surface area contributed by atoms with Crippen LogP contribution < -0.4 is 5.32 Å². The van der Waals surface area contributed by atoms with E-state index in [0.717, 1.165) is 61.6 Å². The van der Waals surface area contributed by atoms with Crippen molar-refractivity contribution < 1.29 is 19.0 Å². The van der Waals surface area contributed by atoms with Crippen molar-refractivity contribution in [3.8, 4) is 16.8 Å². The summed E-state index contributed by atoms with van der Waals surface area (Å²) < 4.78 is 22.9. The molecule has 2 heterocycles. The average Bonchev–Trinajstić information content (AvgIpc) is 3.58. The number of rotatable bonds is 15. The van der Waals surface area contributed by atoms with Gasteiger partial charge in [0.25, 0.3) is 5.91 Å². The lowest BCUT2D eigenvalue weighted by Crippen LogP contribution is -2.22. The first-order chi connectivity index (χ1) is 19.7. The first-order valence-corrected chi connectivity index (χ1v) is 17.9. The van der Waals surface area contributed by atoms with Crippen molar-refractivity contribution in [2.75, 3.05) is 18.5 Å². The summed E-state index contributed by atoms with van der Waals surface area (Å²) in [4.78, 5) is 18.0. The van der Waals surface area contributed by atoms with Gasteiger partial charge in [-0.2, -0.15) is 5.10 Å². The average molecular weight is 578 g/mol. The lowest BCUT2D eigenvalue weighted by Gasteiger charge is -2.15. The molecule has 4 rings (SSSR count). The Balaban J connectivity index is 1.46. The first-order valence-electron chi connectivity index (χ1n) is 14.2. The lowest BCUT2D eigenvalue weighted by atomic mass is 10.1. The number of ether oxygens (including phenoxy) is 1. The van der Waals surface area contributed by atoms with Gasteiger partial charge in [0.2, 0.25) is 5.95 Å². The third-order valence-electron chi connectivity index (χ3n) is 6.74. The van der Waals surface area contributed by atoms with E-state index in [2.05, 4.69) is 35.0 Å². The number of nitrogens with one attached hydrogen (secondary N) is 1. The van der Waals surface area contributed by atoms with Gasteiger partial charge in [-0.05, 0) is 67.3 Å². The number of amides is 1. The van der Waals surface area contributed by atoms with E-state index in [1.165, 1.54) is 12.1 Å². The third-order valence-corrected chi connectivity index (χ3v) is 8.44. The number of hydrogen-bond donors (Lipinski definition) is 2. The Kier molecular flexibility index (Phi) is 10.6. The molecule has 0 unspecified atom stereocenters. The molecule has 0 fully saturated rings. The number of aromatic nitrogens is 4. The predicted octanol–water partition coefficient (Wildman–Crippen LogP) is 6.53. The van der Waals surface area contributed by atoms with Gasteiger partial charge in [-0.3, -0.25) is 14.7 Å². The van der Waals surface area contributed by atoms with Crippen molar-refractivity contribution in [1.29, 1.82) is 0 Å². The van der Waals surface area contributed by atoms with Crippen LogP contribution in [-0.2, 0) is 17.9 Å². The van der Waals surface area contributed by atoms with Crippen molar-refractivity contribution in [2.24, 2.45) is 0 Å². The number of benzene rings is 2. The third kappa shape index (κ3) is 9.21. The number of hydrogen-bond acceptors (Lipinski definition) is 5. The number of carbonyl (C=O) groups excluding carboxylic acids is 1. The van der Waals surface area contributed by atoms with Crippen molar-refractivity contribution in [3.05, 3.63) is 84.2 Å². The molecule has 10 heteroatoms. The molecule has 41 heavy (non-hydrogen) atoms. The molecule has 0 bridgehead atoms. The lowest BCUT2D eigenvalue weighted by molar-refractivity contribution is 0.0786. The van der Waals surface area contributed by atoms with Crippen LogP contribution in [0.2, 0.25) is 25.7 Å². The molecule has 4 aromatic rings. The molecular formula is C31H40FN5O3Si. The summed E-state index contributed by atoms with van der Waals surface area (Å²) in [5, 5.41) is 16.4. The molecule has 2 N–H and O–H groups in total. The van der Waals surface area contributed by atoms with E-state index in [4.69, 9.17) is 9.84 Å². The molecule has 0 aliphatic rings. The van der Waals surface area contributed by atoms with E-state index in [-0.39, 0.29) is 18.3 Å². The predicted molar refractivity (Wildman–Crippen MR) is 163 cm³/mol. The van der Waals surface area contributed by atoms with Crippen molar-refractivity contribution in [2.45, 2.75) is 64.5 Å². The number of aliphatic hydroxyl groups excluding tert-OH is 1. The highest BCUT2D eigenvalue weighted by Gasteiger charge is 2.16. The Labute approximate surface area is 242 Å². The van der Waals surface area contributed by atoms with Crippen LogP contribution >= 0.6 is 0 Å². The van der Waals surface area contributed by atoms with Gasteiger partial charge >= 0.3 is 0 Å². The molecule has 0 aliphatic heterocycles. The van der Waals surface area contributed by atoms with Crippen LogP contribution in [0.5, 0.6) is 0 Å². The zero-order chi connectivity index (χ0) is 29.2. The molecule has 0 radical (unpaired) electrons. The molecule has 2 aromatic carbocycles. The Morgan fingerprint density at radius 2 is 1.80 bits per heavy atom. The smallest absolute Gasteiger partial charge is 0.258 e. The van der Waals surface area contributed by atoms with Crippen LogP contribution in [0, 0.1) is 5.82 Å². The van der Waals surface area contributed by atoms with Crippen molar-refractivity contribution >= 4 is 19.9 Å². The van der Waals surface area contributed by atoms with Gasteiger partial charge in [0.1, 0.15) is 12.5 Å². The van der Waals surface area contributed by atoms with Gasteiger partial charge in [0.05, 0.1) is 11.9 Å². The number of unbranched alkanes of at least 4 members (excludes halogenated alkanes) is 3. The number of imidazole rings is 1. The summed E-state index contributed by atoms with van der Waals surface area (Å²) >= 11 is 0. The van der Waals surface area contributed by atoms with Crippen LogP contribution in [0.3, 0.4) is 0 Å². The molecule has 0 saturated carbocycles. The van der Waals surface area contributed by atoms with Gasteiger partial charge in [-0.15, -0.1) is 0 Å². The number of carbonyl (C=O) groups is 1. The van der Waals surface area contributed by atoms with Crippen LogP contribution in [0.25, 0.3) is 16.8 Å². The highest BCUT2D eigenvalue weighted by atomic mass is 28.3. The quantitative estimate of drug-likeness (QED) is 0.124. The van der Waals surface area contributed by atoms with Crippen molar-refractivity contribution in [3.63, 3.8) is 0 Å². The fraction of sp³-hybridized carbons (Fsp3) is 0.387. The van der Waals surface area contributed by atoms with Crippen LogP contribution in [-0.4, -0.2) is 51.6 Å². The molecule has 0 spiro atoms. The zero-order valence-electron chi connectivity index (χ0n) is 24.1. The molecule has 2 aromatic heterocycles. The normalized spacial score (nSPS) is 11.6. The summed E-state index contributed by atoms with van der Waals surface area (Å²) in [6.07, 6.45) is 9.96. The molecule has 8 nitrogen and oxygen atoms in total.